The van der Waals surface area contributed by atoms with Crippen LogP contribution in [0.25, 0.3) is 21.5 Å². The summed E-state index contributed by atoms with van der Waals surface area (Å²) in [7, 11) is 0. The maximum atomic E-state index is 12.1. The number of aromatic hydroxyl groups is 1. The summed E-state index contributed by atoms with van der Waals surface area (Å²) in [4.78, 5) is 16.2. The maximum Gasteiger partial charge on any atom is 0.276 e. The molecule has 5 heteroatoms. The van der Waals surface area contributed by atoms with Crippen LogP contribution in [0.4, 0.5) is 0 Å². The third-order valence-electron chi connectivity index (χ3n) is 3.79. The Labute approximate surface area is 131 Å². The van der Waals surface area contributed by atoms with Crippen molar-refractivity contribution in [3.8, 4) is 5.75 Å². The Morgan fingerprint density at radius 2 is 1.45 bits per heavy atom. The van der Waals surface area contributed by atoms with E-state index in [1.165, 1.54) is 0 Å². The van der Waals surface area contributed by atoms with Crippen molar-refractivity contribution in [2.24, 2.45) is 4.99 Å². The van der Waals surface area contributed by atoms with Gasteiger partial charge in [0.05, 0.1) is 5.56 Å². The van der Waals surface area contributed by atoms with E-state index >= 15 is 0 Å². The van der Waals surface area contributed by atoms with E-state index in [0.717, 1.165) is 16.2 Å². The van der Waals surface area contributed by atoms with E-state index in [9.17, 15) is 9.90 Å². The average Bonchev–Trinajstić information content (AvgIpc) is 2.86. The van der Waals surface area contributed by atoms with Crippen molar-refractivity contribution in [2.75, 3.05) is 0 Å². The molecular formula is C17H10N2O2S. The fraction of sp³-hybridized carbons (Fsp3) is 0. The quantitative estimate of drug-likeness (QED) is 0.537. The number of phenols is 1. The number of benzene rings is 3. The molecular weight excluding hydrogens is 296 g/mol. The molecule has 1 aliphatic heterocycles. The largest absolute Gasteiger partial charge is 0.507 e. The van der Waals surface area contributed by atoms with Gasteiger partial charge in [0.1, 0.15) is 11.5 Å². The van der Waals surface area contributed by atoms with Crippen molar-refractivity contribution in [3.05, 3.63) is 54.1 Å². The first-order valence-electron chi connectivity index (χ1n) is 6.73. The molecule has 0 saturated carbocycles. The maximum absolute atomic E-state index is 12.1. The summed E-state index contributed by atoms with van der Waals surface area (Å²) in [6.07, 6.45) is 0. The molecule has 4 rings (SSSR count). The van der Waals surface area contributed by atoms with Crippen molar-refractivity contribution < 1.29 is 9.90 Å². The first-order valence-corrected chi connectivity index (χ1v) is 7.14. The Morgan fingerprint density at radius 3 is 2.05 bits per heavy atom. The molecule has 0 fully saturated rings. The minimum absolute atomic E-state index is 0.0490. The predicted molar refractivity (Wildman–Crippen MR) is 90.4 cm³/mol. The first kappa shape index (κ1) is 12.9. The molecule has 4 nitrogen and oxygen atoms in total. The fourth-order valence-electron chi connectivity index (χ4n) is 2.87. The lowest BCUT2D eigenvalue weighted by molar-refractivity contribution is -0.113. The second-order valence-electron chi connectivity index (χ2n) is 5.03. The number of nitrogens with zero attached hydrogens (tertiary/aromatic N) is 1. The molecule has 22 heavy (non-hydrogen) atoms. The standard InChI is InChI=1S/C17H10N2O2S/c20-15-12-8-4-2-6-10(12)9-5-1-3-7-11(9)13(15)14-16(21)19-17(22)18-14/h1-8,20H,(H,19,21,22). The molecule has 0 aromatic heterocycles. The summed E-state index contributed by atoms with van der Waals surface area (Å²) in [5.41, 5.74) is 0.580. The average molecular weight is 306 g/mol. The molecule has 1 amide bonds. The van der Waals surface area contributed by atoms with Gasteiger partial charge in [-0.15, -0.1) is 0 Å². The lowest BCUT2D eigenvalue weighted by atomic mass is 9.93. The summed E-state index contributed by atoms with van der Waals surface area (Å²) < 4.78 is 0. The number of aliphatic imine (C=N–C) groups is 1. The van der Waals surface area contributed by atoms with Crippen LogP contribution >= 0.6 is 12.2 Å². The third-order valence-corrected chi connectivity index (χ3v) is 3.98. The summed E-state index contributed by atoms with van der Waals surface area (Å²) in [5.74, 6) is -0.339. The number of nitrogens with one attached hydrogen (secondary N) is 1. The van der Waals surface area contributed by atoms with Gasteiger partial charge < -0.3 is 5.11 Å². The number of fused-ring (bicyclic) bond motifs is 3. The van der Waals surface area contributed by atoms with E-state index in [-0.39, 0.29) is 22.5 Å². The van der Waals surface area contributed by atoms with Crippen LogP contribution in [0.2, 0.25) is 0 Å². The van der Waals surface area contributed by atoms with Gasteiger partial charge in [-0.25, -0.2) is 4.99 Å². The molecule has 0 radical (unpaired) electrons. The Morgan fingerprint density at radius 1 is 0.909 bits per heavy atom. The van der Waals surface area contributed by atoms with E-state index in [0.29, 0.717) is 10.9 Å². The molecule has 106 valence electrons. The van der Waals surface area contributed by atoms with Crippen molar-refractivity contribution in [1.82, 2.24) is 5.32 Å². The highest BCUT2D eigenvalue weighted by Crippen LogP contribution is 2.38. The number of carbonyl (C=O) groups excluding carboxylic acids is 1. The zero-order valence-corrected chi connectivity index (χ0v) is 12.1. The molecule has 3 aromatic carbocycles. The smallest absolute Gasteiger partial charge is 0.276 e. The normalized spacial score (nSPS) is 14.5. The van der Waals surface area contributed by atoms with Crippen LogP contribution in [0.1, 0.15) is 5.56 Å². The summed E-state index contributed by atoms with van der Waals surface area (Å²) in [6, 6.07) is 15.2. The lowest BCUT2D eigenvalue weighted by Gasteiger charge is -2.12. The van der Waals surface area contributed by atoms with Gasteiger partial charge in [-0.3, -0.25) is 10.1 Å². The number of phenolic OH excluding ortho intramolecular Hbond substituents is 1. The number of thiocarbonyl (C=S) groups is 1. The second kappa shape index (κ2) is 4.61. The van der Waals surface area contributed by atoms with Crippen LogP contribution in [-0.2, 0) is 4.79 Å². The highest BCUT2D eigenvalue weighted by atomic mass is 32.1. The summed E-state index contributed by atoms with van der Waals surface area (Å²) >= 11 is 4.93. The van der Waals surface area contributed by atoms with Gasteiger partial charge in [-0.2, -0.15) is 0 Å². The fourth-order valence-corrected chi connectivity index (χ4v) is 3.05. The molecule has 0 atom stereocenters. The number of rotatable bonds is 1. The van der Waals surface area contributed by atoms with Gasteiger partial charge >= 0.3 is 0 Å². The molecule has 2 N–H and O–H groups in total. The minimum atomic E-state index is -0.388. The van der Waals surface area contributed by atoms with Crippen LogP contribution in [0.3, 0.4) is 0 Å². The molecule has 3 aromatic rings. The lowest BCUT2D eigenvalue weighted by Crippen LogP contribution is -2.25. The zero-order valence-electron chi connectivity index (χ0n) is 11.3. The molecule has 1 heterocycles. The third kappa shape index (κ3) is 1.72. The van der Waals surface area contributed by atoms with E-state index < -0.39 is 0 Å². The topological polar surface area (TPSA) is 61.7 Å². The molecule has 0 saturated heterocycles. The molecule has 0 unspecified atom stereocenters. The van der Waals surface area contributed by atoms with E-state index in [2.05, 4.69) is 10.3 Å². The summed E-state index contributed by atoms with van der Waals surface area (Å²) in [5, 5.41) is 16.7. The Balaban J connectivity index is 2.22. The zero-order chi connectivity index (χ0) is 15.3. The molecule has 0 bridgehead atoms. The van der Waals surface area contributed by atoms with Gasteiger partial charge in [-0.1, -0.05) is 48.5 Å². The van der Waals surface area contributed by atoms with Gasteiger partial charge in [0.25, 0.3) is 5.91 Å². The SMILES string of the molecule is O=C1NC(=S)N=C1c1c(O)c2ccccc2c2ccccc12. The van der Waals surface area contributed by atoms with Gasteiger partial charge in [0.15, 0.2) is 0 Å². The Hall–Kier alpha value is -2.79. The van der Waals surface area contributed by atoms with Crippen molar-refractivity contribution >= 4 is 50.5 Å². The minimum Gasteiger partial charge on any atom is -0.507 e. The van der Waals surface area contributed by atoms with E-state index in [1.54, 1.807) is 0 Å². The molecule has 0 spiro atoms. The molecule has 1 aliphatic rings. The highest BCUT2D eigenvalue weighted by Gasteiger charge is 2.27. The predicted octanol–water partition coefficient (Wildman–Crippen LogP) is 2.90. The van der Waals surface area contributed by atoms with Crippen LogP contribution in [-0.4, -0.2) is 21.8 Å². The monoisotopic (exact) mass is 306 g/mol. The van der Waals surface area contributed by atoms with Gasteiger partial charge in [-0.05, 0) is 28.4 Å². The first-order chi connectivity index (χ1) is 10.7. The van der Waals surface area contributed by atoms with Crippen LogP contribution < -0.4 is 5.32 Å². The van der Waals surface area contributed by atoms with Gasteiger partial charge in [0, 0.05) is 5.39 Å². The Bertz CT molecular complexity index is 1010. The van der Waals surface area contributed by atoms with Crippen LogP contribution in [0.5, 0.6) is 5.75 Å². The van der Waals surface area contributed by atoms with E-state index in [4.69, 9.17) is 12.2 Å². The highest BCUT2D eigenvalue weighted by molar-refractivity contribution is 7.80. The second-order valence-corrected chi connectivity index (χ2v) is 5.42. The Kier molecular flexibility index (Phi) is 2.71. The molecule has 0 aliphatic carbocycles. The van der Waals surface area contributed by atoms with Crippen molar-refractivity contribution in [3.63, 3.8) is 0 Å². The number of hydrogen-bond acceptors (Lipinski definition) is 3. The van der Waals surface area contributed by atoms with Gasteiger partial charge in [0.2, 0.25) is 5.11 Å². The van der Waals surface area contributed by atoms with Crippen molar-refractivity contribution in [1.29, 1.82) is 0 Å². The number of amides is 1. The van der Waals surface area contributed by atoms with Crippen molar-refractivity contribution in [2.45, 2.75) is 0 Å². The van der Waals surface area contributed by atoms with E-state index in [1.807, 2.05) is 48.5 Å². The summed E-state index contributed by atoms with van der Waals surface area (Å²) in [6.45, 7) is 0. The number of carbonyl (C=O) groups is 1. The van der Waals surface area contributed by atoms with Crippen LogP contribution in [0.15, 0.2) is 53.5 Å². The number of hydrogen-bond donors (Lipinski definition) is 2. The van der Waals surface area contributed by atoms with Crippen LogP contribution in [0, 0.1) is 0 Å².